The summed E-state index contributed by atoms with van der Waals surface area (Å²) in [4.78, 5) is 2.36. The molecule has 184 valence electrons. The Morgan fingerprint density at radius 2 is 0.684 bits per heavy atom. The van der Waals surface area contributed by atoms with Crippen molar-refractivity contribution in [3.63, 3.8) is 0 Å². The van der Waals surface area contributed by atoms with Crippen LogP contribution in [0.4, 0.5) is 17.1 Å². The molecular formula is C36H30N2. The maximum Gasteiger partial charge on any atom is 0.0546 e. The van der Waals surface area contributed by atoms with E-state index in [0.717, 1.165) is 17.1 Å². The van der Waals surface area contributed by atoms with E-state index in [1.807, 2.05) is 0 Å². The molecule has 0 spiro atoms. The number of hydrogen-bond acceptors (Lipinski definition) is 2. The van der Waals surface area contributed by atoms with E-state index < -0.39 is 0 Å². The van der Waals surface area contributed by atoms with E-state index in [1.54, 1.807) is 0 Å². The lowest BCUT2D eigenvalue weighted by atomic mass is 9.86. The van der Waals surface area contributed by atoms with Gasteiger partial charge >= 0.3 is 0 Å². The number of para-hydroxylation sites is 2. The second kappa shape index (κ2) is 11.4. The van der Waals surface area contributed by atoms with Crippen LogP contribution in [0.15, 0.2) is 164 Å². The van der Waals surface area contributed by atoms with Crippen LogP contribution < -0.4 is 11.1 Å². The summed E-state index contributed by atoms with van der Waals surface area (Å²) in [6.07, 6.45) is 0. The van der Waals surface area contributed by atoms with Crippen LogP contribution in [0, 0.1) is 0 Å². The van der Waals surface area contributed by atoms with Crippen molar-refractivity contribution in [2.75, 3.05) is 4.90 Å². The fourth-order valence-corrected chi connectivity index (χ4v) is 5.02. The Morgan fingerprint density at radius 1 is 0.316 bits per heavy atom. The second-order valence-electron chi connectivity index (χ2n) is 8.99. The third-order valence-corrected chi connectivity index (χ3v) is 6.66. The van der Waals surface area contributed by atoms with E-state index in [9.17, 15) is 0 Å². The van der Waals surface area contributed by atoms with Gasteiger partial charge in [0.15, 0.2) is 0 Å². The summed E-state index contributed by atoms with van der Waals surface area (Å²) in [7, 11) is 0. The summed E-state index contributed by atoms with van der Waals surface area (Å²) in [6, 6.07) is 58.0. The molecule has 0 bridgehead atoms. The standard InChI is InChI=1S/C36H27N.H3N/c1-6-16-28(17-7-1)33-26-27-34(37(31-22-12-4-13-23-31)32-24-14-5-15-25-32)36(30-20-10-3-11-21-30)35(33)29-18-8-2-9-19-29;/h1-27H;1H3. The summed E-state index contributed by atoms with van der Waals surface area (Å²) < 4.78 is 0. The molecule has 38 heavy (non-hydrogen) atoms. The summed E-state index contributed by atoms with van der Waals surface area (Å²) in [6.45, 7) is 0. The minimum absolute atomic E-state index is 0. The predicted octanol–water partition coefficient (Wildman–Crippen LogP) is 10.3. The quantitative estimate of drug-likeness (QED) is 0.252. The van der Waals surface area contributed by atoms with Crippen molar-refractivity contribution < 1.29 is 0 Å². The van der Waals surface area contributed by atoms with Crippen molar-refractivity contribution in [3.8, 4) is 33.4 Å². The maximum atomic E-state index is 2.36. The molecule has 0 heterocycles. The fraction of sp³-hybridized carbons (Fsp3) is 0. The van der Waals surface area contributed by atoms with Crippen LogP contribution in [0.25, 0.3) is 33.4 Å². The lowest BCUT2D eigenvalue weighted by molar-refractivity contribution is 1.28. The van der Waals surface area contributed by atoms with Crippen molar-refractivity contribution in [2.45, 2.75) is 0 Å². The van der Waals surface area contributed by atoms with Crippen LogP contribution >= 0.6 is 0 Å². The summed E-state index contributed by atoms with van der Waals surface area (Å²) >= 11 is 0. The number of benzene rings is 6. The average molecular weight is 491 g/mol. The summed E-state index contributed by atoms with van der Waals surface area (Å²) in [5.74, 6) is 0. The van der Waals surface area contributed by atoms with Gasteiger partial charge in [0.05, 0.1) is 5.69 Å². The Bertz CT molecular complexity index is 1540. The monoisotopic (exact) mass is 490 g/mol. The molecule has 0 radical (unpaired) electrons. The van der Waals surface area contributed by atoms with Gasteiger partial charge < -0.3 is 11.1 Å². The van der Waals surface area contributed by atoms with Crippen molar-refractivity contribution in [1.82, 2.24) is 6.15 Å². The van der Waals surface area contributed by atoms with Crippen molar-refractivity contribution in [1.29, 1.82) is 0 Å². The molecule has 6 aromatic rings. The van der Waals surface area contributed by atoms with Crippen LogP contribution in [0.1, 0.15) is 0 Å². The molecule has 0 aliphatic carbocycles. The largest absolute Gasteiger partial charge is 0.344 e. The first-order valence-corrected chi connectivity index (χ1v) is 12.6. The molecule has 2 heteroatoms. The van der Waals surface area contributed by atoms with E-state index in [2.05, 4.69) is 169 Å². The zero-order valence-corrected chi connectivity index (χ0v) is 21.2. The minimum Gasteiger partial charge on any atom is -0.344 e. The molecule has 0 aliphatic heterocycles. The van der Waals surface area contributed by atoms with Gasteiger partial charge in [-0.05, 0) is 58.1 Å². The number of nitrogens with zero attached hydrogens (tertiary/aromatic N) is 1. The third-order valence-electron chi connectivity index (χ3n) is 6.66. The van der Waals surface area contributed by atoms with Crippen molar-refractivity contribution in [2.24, 2.45) is 0 Å². The Labute approximate surface area is 225 Å². The Hall–Kier alpha value is -4.92. The van der Waals surface area contributed by atoms with Crippen molar-refractivity contribution >= 4 is 17.1 Å². The van der Waals surface area contributed by atoms with Gasteiger partial charge in [-0.3, -0.25) is 0 Å². The van der Waals surface area contributed by atoms with Crippen LogP contribution in [0.2, 0.25) is 0 Å². The first kappa shape index (κ1) is 24.8. The zero-order chi connectivity index (χ0) is 24.9. The number of rotatable bonds is 6. The number of anilines is 3. The second-order valence-corrected chi connectivity index (χ2v) is 8.99. The van der Waals surface area contributed by atoms with Gasteiger partial charge in [-0.15, -0.1) is 0 Å². The average Bonchev–Trinajstić information content (AvgIpc) is 2.99. The van der Waals surface area contributed by atoms with E-state index in [4.69, 9.17) is 0 Å². The highest BCUT2D eigenvalue weighted by atomic mass is 15.1. The lowest BCUT2D eigenvalue weighted by Gasteiger charge is -2.30. The number of hydrogen-bond donors (Lipinski definition) is 1. The summed E-state index contributed by atoms with van der Waals surface area (Å²) in [5, 5.41) is 0. The topological polar surface area (TPSA) is 38.2 Å². The molecule has 2 nitrogen and oxygen atoms in total. The minimum atomic E-state index is 0. The zero-order valence-electron chi connectivity index (χ0n) is 21.2. The lowest BCUT2D eigenvalue weighted by Crippen LogP contribution is -2.12. The van der Waals surface area contributed by atoms with Gasteiger partial charge in [0, 0.05) is 16.9 Å². The van der Waals surface area contributed by atoms with Gasteiger partial charge in [-0.1, -0.05) is 133 Å². The van der Waals surface area contributed by atoms with Gasteiger partial charge in [0.25, 0.3) is 0 Å². The molecule has 0 fully saturated rings. The molecular weight excluding hydrogens is 460 g/mol. The van der Waals surface area contributed by atoms with Crippen LogP contribution in [-0.2, 0) is 0 Å². The first-order valence-electron chi connectivity index (χ1n) is 12.6. The predicted molar refractivity (Wildman–Crippen MR) is 162 cm³/mol. The van der Waals surface area contributed by atoms with Gasteiger partial charge in [0.1, 0.15) is 0 Å². The molecule has 0 aliphatic rings. The normalized spacial score (nSPS) is 10.4. The van der Waals surface area contributed by atoms with Crippen LogP contribution in [0.5, 0.6) is 0 Å². The Balaban J connectivity index is 0.00000294. The van der Waals surface area contributed by atoms with Crippen molar-refractivity contribution in [3.05, 3.63) is 164 Å². The highest BCUT2D eigenvalue weighted by Gasteiger charge is 2.23. The molecule has 3 N–H and O–H groups in total. The van der Waals surface area contributed by atoms with Gasteiger partial charge in [-0.2, -0.15) is 0 Å². The van der Waals surface area contributed by atoms with E-state index in [0.29, 0.717) is 0 Å². The molecule has 6 aromatic carbocycles. The highest BCUT2D eigenvalue weighted by molar-refractivity contribution is 6.02. The van der Waals surface area contributed by atoms with Gasteiger partial charge in [0.2, 0.25) is 0 Å². The van der Waals surface area contributed by atoms with Crippen LogP contribution in [0.3, 0.4) is 0 Å². The Kier molecular flexibility index (Phi) is 7.44. The molecule has 0 saturated carbocycles. The smallest absolute Gasteiger partial charge is 0.0546 e. The molecule has 0 aromatic heterocycles. The highest BCUT2D eigenvalue weighted by Crippen LogP contribution is 2.48. The molecule has 0 saturated heterocycles. The molecule has 0 amide bonds. The van der Waals surface area contributed by atoms with E-state index in [-0.39, 0.29) is 6.15 Å². The van der Waals surface area contributed by atoms with Crippen LogP contribution in [-0.4, -0.2) is 0 Å². The van der Waals surface area contributed by atoms with Gasteiger partial charge in [-0.25, -0.2) is 0 Å². The van der Waals surface area contributed by atoms with E-state index in [1.165, 1.54) is 33.4 Å². The SMILES string of the molecule is N.c1ccc(-c2ccc(N(c3ccccc3)c3ccccc3)c(-c3ccccc3)c2-c2ccccc2)cc1. The molecule has 6 rings (SSSR count). The molecule has 0 atom stereocenters. The van der Waals surface area contributed by atoms with E-state index >= 15 is 0 Å². The first-order chi connectivity index (χ1) is 18.4. The fourth-order valence-electron chi connectivity index (χ4n) is 5.02. The third kappa shape index (κ3) is 4.86. The Morgan fingerprint density at radius 3 is 1.13 bits per heavy atom. The molecule has 0 unspecified atom stereocenters. The summed E-state index contributed by atoms with van der Waals surface area (Å²) in [5.41, 5.74) is 10.6. The maximum absolute atomic E-state index is 2.36.